The van der Waals surface area contributed by atoms with Crippen LogP contribution in [0, 0.1) is 0 Å². The van der Waals surface area contributed by atoms with E-state index >= 15 is 0 Å². The highest BCUT2D eigenvalue weighted by Gasteiger charge is 2.09. The Morgan fingerprint density at radius 3 is 2.60 bits per heavy atom. The van der Waals surface area contributed by atoms with Gasteiger partial charge in [0.1, 0.15) is 6.61 Å². The number of anilines is 1. The number of hydrazone groups is 1. The Kier molecular flexibility index (Phi) is 7.17. The highest BCUT2D eigenvalue weighted by molar-refractivity contribution is 6.33. The third-order valence-electron chi connectivity index (χ3n) is 4.13. The summed E-state index contributed by atoms with van der Waals surface area (Å²) in [7, 11) is 1.55. The van der Waals surface area contributed by atoms with Crippen LogP contribution in [0.2, 0.25) is 10.0 Å². The first kappa shape index (κ1) is 21.5. The van der Waals surface area contributed by atoms with Crippen LogP contribution in [0.1, 0.15) is 21.5 Å². The summed E-state index contributed by atoms with van der Waals surface area (Å²) in [5, 5.41) is 14.1. The highest BCUT2D eigenvalue weighted by atomic mass is 35.5. The molecule has 8 heteroatoms. The van der Waals surface area contributed by atoms with Crippen molar-refractivity contribution in [1.29, 1.82) is 0 Å². The number of ether oxygens (including phenoxy) is 2. The maximum absolute atomic E-state index is 11.2. The van der Waals surface area contributed by atoms with Gasteiger partial charge >= 0.3 is 5.97 Å². The lowest BCUT2D eigenvalue weighted by molar-refractivity contribution is 0.0697. The van der Waals surface area contributed by atoms with Crippen molar-refractivity contribution in [3.63, 3.8) is 0 Å². The topological polar surface area (TPSA) is 80.2 Å². The van der Waals surface area contributed by atoms with Crippen molar-refractivity contribution >= 4 is 41.1 Å². The standard InChI is InChI=1S/C22H18Cl2N2O4/c1-29-21-10-14(6-9-20(21)30-13-15-4-2-3-5-18(15)23)12-25-26-16-7-8-19(24)17(11-16)22(27)28/h2-12,26H,13H2,1H3,(H,27,28)/b25-12+. The second-order valence-electron chi connectivity index (χ2n) is 6.16. The molecule has 30 heavy (non-hydrogen) atoms. The molecule has 3 aromatic rings. The van der Waals surface area contributed by atoms with Gasteiger partial charge in [0.2, 0.25) is 0 Å². The lowest BCUT2D eigenvalue weighted by atomic mass is 10.2. The van der Waals surface area contributed by atoms with Crippen LogP contribution in [-0.2, 0) is 6.61 Å². The van der Waals surface area contributed by atoms with Crippen molar-refractivity contribution in [3.05, 3.63) is 87.4 Å². The number of methoxy groups -OCH3 is 1. The number of benzene rings is 3. The van der Waals surface area contributed by atoms with Crippen molar-refractivity contribution in [2.45, 2.75) is 6.61 Å². The molecule has 0 aliphatic heterocycles. The average molecular weight is 445 g/mol. The molecule has 0 spiro atoms. The van der Waals surface area contributed by atoms with Gasteiger partial charge < -0.3 is 14.6 Å². The van der Waals surface area contributed by atoms with Crippen LogP contribution in [0.5, 0.6) is 11.5 Å². The second kappa shape index (κ2) is 10.0. The SMILES string of the molecule is COc1cc(/C=N/Nc2ccc(Cl)c(C(=O)O)c2)ccc1OCc1ccccc1Cl. The van der Waals surface area contributed by atoms with E-state index in [-0.39, 0.29) is 10.6 Å². The van der Waals surface area contributed by atoms with Gasteiger partial charge in [-0.3, -0.25) is 5.43 Å². The molecule has 154 valence electrons. The van der Waals surface area contributed by atoms with E-state index in [1.807, 2.05) is 30.3 Å². The molecule has 0 radical (unpaired) electrons. The number of rotatable bonds is 8. The Bertz CT molecular complexity index is 1090. The van der Waals surface area contributed by atoms with E-state index in [2.05, 4.69) is 10.5 Å². The Balaban J connectivity index is 1.68. The summed E-state index contributed by atoms with van der Waals surface area (Å²) in [4.78, 5) is 11.2. The fraction of sp³-hybridized carbons (Fsp3) is 0.0909. The Labute approximate surface area is 183 Å². The van der Waals surface area contributed by atoms with Crippen molar-refractivity contribution in [2.24, 2.45) is 5.10 Å². The molecule has 0 amide bonds. The van der Waals surface area contributed by atoms with Crippen molar-refractivity contribution in [2.75, 3.05) is 12.5 Å². The van der Waals surface area contributed by atoms with Crippen LogP contribution in [0.3, 0.4) is 0 Å². The maximum Gasteiger partial charge on any atom is 0.337 e. The summed E-state index contributed by atoms with van der Waals surface area (Å²) in [5.41, 5.74) is 4.92. The Hall–Kier alpha value is -3.22. The van der Waals surface area contributed by atoms with E-state index in [1.54, 1.807) is 31.5 Å². The maximum atomic E-state index is 11.2. The molecule has 0 bridgehead atoms. The van der Waals surface area contributed by atoms with Crippen LogP contribution in [0.15, 0.2) is 65.8 Å². The molecule has 0 aliphatic carbocycles. The highest BCUT2D eigenvalue weighted by Crippen LogP contribution is 2.29. The van der Waals surface area contributed by atoms with Crippen molar-refractivity contribution in [1.82, 2.24) is 0 Å². The molecule has 0 unspecified atom stereocenters. The second-order valence-corrected chi connectivity index (χ2v) is 6.97. The quantitative estimate of drug-likeness (QED) is 0.342. The van der Waals surface area contributed by atoms with Gasteiger partial charge in [-0.25, -0.2) is 4.79 Å². The van der Waals surface area contributed by atoms with E-state index in [1.165, 1.54) is 12.1 Å². The molecule has 3 rings (SSSR count). The molecule has 0 saturated carbocycles. The molecular weight excluding hydrogens is 427 g/mol. The monoisotopic (exact) mass is 444 g/mol. The molecule has 0 aliphatic rings. The fourth-order valence-electron chi connectivity index (χ4n) is 2.59. The van der Waals surface area contributed by atoms with Crippen LogP contribution in [0.4, 0.5) is 5.69 Å². The number of carboxylic acids is 1. The molecule has 0 heterocycles. The predicted octanol–water partition coefficient (Wildman–Crippen LogP) is 5.73. The smallest absolute Gasteiger partial charge is 0.337 e. The normalized spacial score (nSPS) is 10.8. The molecule has 0 aromatic heterocycles. The number of hydrogen-bond acceptors (Lipinski definition) is 5. The summed E-state index contributed by atoms with van der Waals surface area (Å²) in [5.74, 6) is 0.0155. The van der Waals surface area contributed by atoms with Crippen LogP contribution in [0.25, 0.3) is 0 Å². The number of halogens is 2. The van der Waals surface area contributed by atoms with Crippen molar-refractivity contribution < 1.29 is 19.4 Å². The summed E-state index contributed by atoms with van der Waals surface area (Å²) in [6, 6.07) is 17.4. The van der Waals surface area contributed by atoms with Gasteiger partial charge in [-0.1, -0.05) is 41.4 Å². The Morgan fingerprint density at radius 2 is 1.87 bits per heavy atom. The first-order valence-corrected chi connectivity index (χ1v) is 9.59. The summed E-state index contributed by atoms with van der Waals surface area (Å²) >= 11 is 12.0. The molecule has 6 nitrogen and oxygen atoms in total. The first-order valence-electron chi connectivity index (χ1n) is 8.84. The largest absolute Gasteiger partial charge is 0.493 e. The molecule has 0 fully saturated rings. The number of carboxylic acid groups (broad SMARTS) is 1. The van der Waals surface area contributed by atoms with Gasteiger partial charge in [0, 0.05) is 10.6 Å². The van der Waals surface area contributed by atoms with Crippen molar-refractivity contribution in [3.8, 4) is 11.5 Å². The van der Waals surface area contributed by atoms with Crippen LogP contribution >= 0.6 is 23.2 Å². The average Bonchev–Trinajstić information content (AvgIpc) is 2.74. The van der Waals surface area contributed by atoms with E-state index < -0.39 is 5.97 Å². The van der Waals surface area contributed by atoms with E-state index in [4.69, 9.17) is 37.8 Å². The molecule has 2 N–H and O–H groups in total. The van der Waals surface area contributed by atoms with Gasteiger partial charge in [-0.2, -0.15) is 5.10 Å². The van der Waals surface area contributed by atoms with Gasteiger partial charge in [0.25, 0.3) is 0 Å². The minimum atomic E-state index is -1.11. The molecule has 0 atom stereocenters. The predicted molar refractivity (Wildman–Crippen MR) is 118 cm³/mol. The lowest BCUT2D eigenvalue weighted by Gasteiger charge is -2.12. The molecular formula is C22H18Cl2N2O4. The van der Waals surface area contributed by atoms with Gasteiger partial charge in [-0.05, 0) is 48.0 Å². The van der Waals surface area contributed by atoms with Gasteiger partial charge in [0.15, 0.2) is 11.5 Å². The summed E-state index contributed by atoms with van der Waals surface area (Å²) in [6.07, 6.45) is 1.58. The molecule has 3 aromatic carbocycles. The minimum Gasteiger partial charge on any atom is -0.493 e. The third-order valence-corrected chi connectivity index (χ3v) is 4.83. The van der Waals surface area contributed by atoms with Gasteiger partial charge in [0.05, 0.1) is 29.6 Å². The zero-order chi connectivity index (χ0) is 21.5. The summed E-state index contributed by atoms with van der Waals surface area (Å²) in [6.45, 7) is 0.313. The van der Waals surface area contributed by atoms with E-state index in [0.717, 1.165) is 11.1 Å². The number of nitrogens with one attached hydrogen (secondary N) is 1. The van der Waals surface area contributed by atoms with Crippen LogP contribution in [-0.4, -0.2) is 24.4 Å². The fourth-order valence-corrected chi connectivity index (χ4v) is 2.98. The Morgan fingerprint density at radius 1 is 1.07 bits per heavy atom. The minimum absolute atomic E-state index is 0.00134. The number of aromatic carboxylic acids is 1. The zero-order valence-corrected chi connectivity index (χ0v) is 17.4. The summed E-state index contributed by atoms with van der Waals surface area (Å²) < 4.78 is 11.2. The first-order chi connectivity index (χ1) is 14.5. The van der Waals surface area contributed by atoms with E-state index in [9.17, 15) is 4.79 Å². The lowest BCUT2D eigenvalue weighted by Crippen LogP contribution is -2.00. The van der Waals surface area contributed by atoms with Gasteiger partial charge in [-0.15, -0.1) is 0 Å². The van der Waals surface area contributed by atoms with Crippen LogP contribution < -0.4 is 14.9 Å². The number of carbonyl (C=O) groups is 1. The van der Waals surface area contributed by atoms with E-state index in [0.29, 0.717) is 28.8 Å². The number of hydrogen-bond donors (Lipinski definition) is 2. The number of nitrogens with zero attached hydrogens (tertiary/aromatic N) is 1. The molecule has 0 saturated heterocycles. The third kappa shape index (κ3) is 5.43. The zero-order valence-electron chi connectivity index (χ0n) is 15.9.